The molecule has 9 heteroatoms. The van der Waals surface area contributed by atoms with E-state index in [1.54, 1.807) is 17.4 Å². The highest BCUT2D eigenvalue weighted by molar-refractivity contribution is 7.99. The first kappa shape index (κ1) is 18.5. The number of amides is 1. The summed E-state index contributed by atoms with van der Waals surface area (Å²) in [6.45, 7) is 3.93. The summed E-state index contributed by atoms with van der Waals surface area (Å²) in [6.07, 6.45) is 0. The third kappa shape index (κ3) is 3.71. The second kappa shape index (κ2) is 7.61. The summed E-state index contributed by atoms with van der Waals surface area (Å²) in [4.78, 5) is 25.4. The van der Waals surface area contributed by atoms with Crippen LogP contribution in [0.25, 0.3) is 16.1 Å². The molecule has 142 valence electrons. The van der Waals surface area contributed by atoms with E-state index < -0.39 is 0 Å². The van der Waals surface area contributed by atoms with Gasteiger partial charge in [-0.3, -0.25) is 9.59 Å². The number of thioether (sulfide) groups is 1. The maximum atomic E-state index is 12.4. The van der Waals surface area contributed by atoms with Crippen molar-refractivity contribution >= 4 is 40.2 Å². The smallest absolute Gasteiger partial charge is 0.290 e. The standard InChI is InChI=1S/C19H17N5O2S2/c1-11-5-6-12(2)13(8-11)20-17(25)10-28-19-22-21-18(26)15-9-14(23-24(15)19)16-4-3-7-27-16/h3-9H,10H2,1-2H3,(H,20,25)(H,21,26). The summed E-state index contributed by atoms with van der Waals surface area (Å²) < 4.78 is 1.49. The van der Waals surface area contributed by atoms with Crippen LogP contribution in [0.2, 0.25) is 0 Å². The van der Waals surface area contributed by atoms with Crippen LogP contribution in [-0.2, 0) is 4.79 Å². The predicted octanol–water partition coefficient (Wildman–Crippen LogP) is 3.49. The molecule has 0 saturated heterocycles. The number of fused-ring (bicyclic) bond motifs is 1. The van der Waals surface area contributed by atoms with E-state index in [-0.39, 0.29) is 17.2 Å². The molecule has 1 aromatic carbocycles. The van der Waals surface area contributed by atoms with E-state index in [0.29, 0.717) is 16.4 Å². The molecule has 0 bridgehead atoms. The molecule has 3 heterocycles. The molecule has 0 aliphatic carbocycles. The fraction of sp³-hybridized carbons (Fsp3) is 0.158. The van der Waals surface area contributed by atoms with Crippen molar-refractivity contribution in [1.82, 2.24) is 19.8 Å². The van der Waals surface area contributed by atoms with Crippen molar-refractivity contribution in [2.24, 2.45) is 0 Å². The minimum absolute atomic E-state index is 0.148. The zero-order chi connectivity index (χ0) is 19.7. The Labute approximate surface area is 168 Å². The molecular formula is C19H17N5O2S2. The number of thiophene rings is 1. The minimum Gasteiger partial charge on any atom is -0.325 e. The van der Waals surface area contributed by atoms with Crippen molar-refractivity contribution in [3.8, 4) is 10.6 Å². The fourth-order valence-electron chi connectivity index (χ4n) is 2.72. The molecule has 0 atom stereocenters. The number of aryl methyl sites for hydroxylation is 2. The predicted molar refractivity (Wildman–Crippen MR) is 112 cm³/mol. The van der Waals surface area contributed by atoms with Gasteiger partial charge in [-0.2, -0.15) is 5.10 Å². The molecule has 0 spiro atoms. The Bertz CT molecular complexity index is 1210. The molecule has 7 nitrogen and oxygen atoms in total. The summed E-state index contributed by atoms with van der Waals surface area (Å²) in [6, 6.07) is 11.5. The summed E-state index contributed by atoms with van der Waals surface area (Å²) in [5.74, 6) is 0.000835. The first-order valence-electron chi connectivity index (χ1n) is 8.53. The van der Waals surface area contributed by atoms with Crippen LogP contribution in [0.15, 0.2) is 51.7 Å². The van der Waals surface area contributed by atoms with Crippen molar-refractivity contribution in [2.75, 3.05) is 11.1 Å². The largest absolute Gasteiger partial charge is 0.325 e. The lowest BCUT2D eigenvalue weighted by Gasteiger charge is -2.09. The topological polar surface area (TPSA) is 92.1 Å². The molecule has 0 aliphatic rings. The van der Waals surface area contributed by atoms with Gasteiger partial charge in [0.1, 0.15) is 11.2 Å². The van der Waals surface area contributed by atoms with Gasteiger partial charge in [0.15, 0.2) is 0 Å². The summed E-state index contributed by atoms with van der Waals surface area (Å²) in [7, 11) is 0. The molecule has 0 unspecified atom stereocenters. The number of carbonyl (C=O) groups excluding carboxylic acids is 1. The van der Waals surface area contributed by atoms with Crippen LogP contribution in [-0.4, -0.2) is 31.5 Å². The number of hydrogen-bond acceptors (Lipinski definition) is 6. The number of aromatic amines is 1. The Morgan fingerprint density at radius 3 is 2.93 bits per heavy atom. The second-order valence-electron chi connectivity index (χ2n) is 6.29. The molecule has 0 fully saturated rings. The van der Waals surface area contributed by atoms with Crippen molar-refractivity contribution in [1.29, 1.82) is 0 Å². The van der Waals surface area contributed by atoms with E-state index in [4.69, 9.17) is 0 Å². The lowest BCUT2D eigenvalue weighted by molar-refractivity contribution is -0.113. The summed E-state index contributed by atoms with van der Waals surface area (Å²) >= 11 is 2.76. The van der Waals surface area contributed by atoms with E-state index in [1.807, 2.05) is 49.6 Å². The van der Waals surface area contributed by atoms with Gasteiger partial charge >= 0.3 is 0 Å². The van der Waals surface area contributed by atoms with Crippen LogP contribution in [0.5, 0.6) is 0 Å². The zero-order valence-electron chi connectivity index (χ0n) is 15.2. The average molecular weight is 412 g/mol. The van der Waals surface area contributed by atoms with Gasteiger partial charge in [0, 0.05) is 5.69 Å². The van der Waals surface area contributed by atoms with Crippen molar-refractivity contribution in [3.05, 3.63) is 63.3 Å². The highest BCUT2D eigenvalue weighted by atomic mass is 32.2. The van der Waals surface area contributed by atoms with Gasteiger partial charge in [-0.1, -0.05) is 30.0 Å². The van der Waals surface area contributed by atoms with Gasteiger partial charge in [0.05, 0.1) is 10.6 Å². The van der Waals surface area contributed by atoms with Crippen LogP contribution in [0.3, 0.4) is 0 Å². The van der Waals surface area contributed by atoms with Crippen LogP contribution in [0.1, 0.15) is 11.1 Å². The number of nitrogens with zero attached hydrogens (tertiary/aromatic N) is 3. The Kier molecular flexibility index (Phi) is 5.01. The quantitative estimate of drug-likeness (QED) is 0.491. The Hall–Kier alpha value is -2.91. The number of benzene rings is 1. The monoisotopic (exact) mass is 411 g/mol. The normalized spacial score (nSPS) is 11.1. The van der Waals surface area contributed by atoms with E-state index in [1.165, 1.54) is 16.3 Å². The molecule has 28 heavy (non-hydrogen) atoms. The van der Waals surface area contributed by atoms with Crippen molar-refractivity contribution in [2.45, 2.75) is 19.0 Å². The number of nitrogens with one attached hydrogen (secondary N) is 2. The Morgan fingerprint density at radius 1 is 1.29 bits per heavy atom. The second-order valence-corrected chi connectivity index (χ2v) is 8.18. The fourth-order valence-corrected chi connectivity index (χ4v) is 4.10. The number of H-pyrrole nitrogens is 1. The van der Waals surface area contributed by atoms with E-state index in [0.717, 1.165) is 21.7 Å². The van der Waals surface area contributed by atoms with Gasteiger partial charge in [-0.15, -0.1) is 16.4 Å². The lowest BCUT2D eigenvalue weighted by atomic mass is 10.1. The third-order valence-corrected chi connectivity index (χ3v) is 5.97. The van der Waals surface area contributed by atoms with Gasteiger partial charge < -0.3 is 5.32 Å². The number of hydrogen-bond donors (Lipinski definition) is 2. The van der Waals surface area contributed by atoms with Crippen LogP contribution < -0.4 is 10.9 Å². The summed E-state index contributed by atoms with van der Waals surface area (Å²) in [5.41, 5.74) is 3.66. The third-order valence-electron chi connectivity index (χ3n) is 4.15. The molecular weight excluding hydrogens is 394 g/mol. The molecule has 0 radical (unpaired) electrons. The minimum atomic E-state index is -0.320. The SMILES string of the molecule is Cc1ccc(C)c(NC(=O)CSc2n[nH]c(=O)c3cc(-c4cccs4)nn23)c1. The molecule has 4 rings (SSSR count). The highest BCUT2D eigenvalue weighted by Crippen LogP contribution is 2.25. The van der Waals surface area contributed by atoms with Crippen molar-refractivity contribution in [3.63, 3.8) is 0 Å². The molecule has 1 amide bonds. The Balaban J connectivity index is 1.55. The summed E-state index contributed by atoms with van der Waals surface area (Å²) in [5, 5.41) is 16.4. The zero-order valence-corrected chi connectivity index (χ0v) is 16.9. The van der Waals surface area contributed by atoms with Gasteiger partial charge in [0.25, 0.3) is 5.56 Å². The molecule has 0 saturated carbocycles. The van der Waals surface area contributed by atoms with Crippen LogP contribution >= 0.6 is 23.1 Å². The van der Waals surface area contributed by atoms with Crippen LogP contribution in [0.4, 0.5) is 5.69 Å². The molecule has 0 aliphatic heterocycles. The first-order valence-corrected chi connectivity index (χ1v) is 10.4. The first-order chi connectivity index (χ1) is 13.5. The maximum absolute atomic E-state index is 12.4. The molecule has 4 aromatic rings. The highest BCUT2D eigenvalue weighted by Gasteiger charge is 2.14. The number of aromatic nitrogens is 4. The number of carbonyl (C=O) groups is 1. The Morgan fingerprint density at radius 2 is 2.14 bits per heavy atom. The van der Waals surface area contributed by atoms with Gasteiger partial charge in [0.2, 0.25) is 11.1 Å². The van der Waals surface area contributed by atoms with Gasteiger partial charge in [-0.05, 0) is 48.6 Å². The molecule has 3 aromatic heterocycles. The van der Waals surface area contributed by atoms with E-state index >= 15 is 0 Å². The lowest BCUT2D eigenvalue weighted by Crippen LogP contribution is -2.17. The van der Waals surface area contributed by atoms with Crippen LogP contribution in [0, 0.1) is 13.8 Å². The van der Waals surface area contributed by atoms with Gasteiger partial charge in [-0.25, -0.2) is 9.61 Å². The maximum Gasteiger partial charge on any atom is 0.290 e. The molecule has 2 N–H and O–H groups in total. The number of rotatable bonds is 5. The van der Waals surface area contributed by atoms with E-state index in [2.05, 4.69) is 20.6 Å². The van der Waals surface area contributed by atoms with Crippen molar-refractivity contribution < 1.29 is 4.79 Å². The number of anilines is 1. The van der Waals surface area contributed by atoms with E-state index in [9.17, 15) is 9.59 Å². The average Bonchev–Trinajstić information content (AvgIpc) is 3.34.